The van der Waals surface area contributed by atoms with Gasteiger partial charge in [-0.25, -0.2) is 0 Å². The van der Waals surface area contributed by atoms with Crippen LogP contribution in [0.5, 0.6) is 0 Å². The number of carbonyl (C=O) groups is 2. The zero-order chi connectivity index (χ0) is 14.0. The zero-order valence-electron chi connectivity index (χ0n) is 11.4. The van der Waals surface area contributed by atoms with Gasteiger partial charge in [0.1, 0.15) is 0 Å². The molecule has 106 valence electrons. The fraction of sp³-hybridized carbons (Fsp3) is 0.833. The molecular formula is C12H22O4S2. The van der Waals surface area contributed by atoms with Crippen molar-refractivity contribution in [3.8, 4) is 0 Å². The highest BCUT2D eigenvalue weighted by molar-refractivity contribution is 8.76. The van der Waals surface area contributed by atoms with Crippen LogP contribution in [0.2, 0.25) is 0 Å². The quantitative estimate of drug-likeness (QED) is 0.370. The maximum atomic E-state index is 11.1. The summed E-state index contributed by atoms with van der Waals surface area (Å²) in [6.07, 6.45) is 1.63. The molecule has 0 aliphatic carbocycles. The molecule has 0 bridgehead atoms. The van der Waals surface area contributed by atoms with Crippen molar-refractivity contribution in [3.63, 3.8) is 0 Å². The van der Waals surface area contributed by atoms with Crippen LogP contribution >= 0.6 is 21.6 Å². The monoisotopic (exact) mass is 294 g/mol. The minimum Gasteiger partial charge on any atom is -0.469 e. The molecule has 0 rings (SSSR count). The third-order valence-corrected chi connectivity index (χ3v) is 5.03. The first kappa shape index (κ1) is 17.6. The summed E-state index contributed by atoms with van der Waals surface area (Å²) in [4.78, 5) is 22.3. The SMILES string of the molecule is COC(=O)[C@H](C)CCSSCC[C@@H](C)C(=O)OC. The van der Waals surface area contributed by atoms with Crippen molar-refractivity contribution in [2.75, 3.05) is 25.7 Å². The Bertz CT molecular complexity index is 232. The van der Waals surface area contributed by atoms with Gasteiger partial charge in [0, 0.05) is 11.5 Å². The Hall–Kier alpha value is -0.360. The van der Waals surface area contributed by atoms with Crippen molar-refractivity contribution in [1.29, 1.82) is 0 Å². The molecule has 0 aromatic carbocycles. The molecule has 18 heavy (non-hydrogen) atoms. The van der Waals surface area contributed by atoms with Crippen LogP contribution in [0.3, 0.4) is 0 Å². The molecular weight excluding hydrogens is 272 g/mol. The summed E-state index contributed by atoms with van der Waals surface area (Å²) < 4.78 is 9.31. The van der Waals surface area contributed by atoms with E-state index in [2.05, 4.69) is 9.47 Å². The lowest BCUT2D eigenvalue weighted by molar-refractivity contribution is -0.145. The number of rotatable bonds is 9. The number of ether oxygens (including phenoxy) is 2. The Labute approximate surface area is 117 Å². The van der Waals surface area contributed by atoms with E-state index in [1.54, 1.807) is 21.6 Å². The van der Waals surface area contributed by atoms with E-state index >= 15 is 0 Å². The maximum absolute atomic E-state index is 11.1. The fourth-order valence-corrected chi connectivity index (χ4v) is 3.63. The van der Waals surface area contributed by atoms with E-state index in [1.165, 1.54) is 14.2 Å². The van der Waals surface area contributed by atoms with Crippen molar-refractivity contribution >= 4 is 33.5 Å². The second-order valence-corrected chi connectivity index (χ2v) is 6.77. The first-order chi connectivity index (χ1) is 8.52. The van der Waals surface area contributed by atoms with E-state index in [4.69, 9.17) is 0 Å². The summed E-state index contributed by atoms with van der Waals surface area (Å²) >= 11 is 0. The molecule has 0 aromatic rings. The van der Waals surface area contributed by atoms with Crippen molar-refractivity contribution in [2.45, 2.75) is 26.7 Å². The van der Waals surface area contributed by atoms with Gasteiger partial charge in [0.25, 0.3) is 0 Å². The zero-order valence-corrected chi connectivity index (χ0v) is 13.1. The minimum atomic E-state index is -0.153. The van der Waals surface area contributed by atoms with E-state index in [9.17, 15) is 9.59 Å². The summed E-state index contributed by atoms with van der Waals surface area (Å²) in [5.41, 5.74) is 0. The molecule has 0 N–H and O–H groups in total. The molecule has 0 fully saturated rings. The van der Waals surface area contributed by atoms with Crippen molar-refractivity contribution in [3.05, 3.63) is 0 Å². The first-order valence-electron chi connectivity index (χ1n) is 5.93. The second-order valence-electron chi connectivity index (χ2n) is 4.07. The van der Waals surface area contributed by atoms with Crippen LogP contribution in [-0.4, -0.2) is 37.7 Å². The summed E-state index contributed by atoms with van der Waals surface area (Å²) in [5, 5.41) is 0. The Morgan fingerprint density at radius 2 is 1.22 bits per heavy atom. The van der Waals surface area contributed by atoms with Crippen LogP contribution in [0.15, 0.2) is 0 Å². The summed E-state index contributed by atoms with van der Waals surface area (Å²) in [5.74, 6) is 1.43. The topological polar surface area (TPSA) is 52.6 Å². The van der Waals surface area contributed by atoms with Crippen LogP contribution in [0.25, 0.3) is 0 Å². The van der Waals surface area contributed by atoms with Gasteiger partial charge in [-0.3, -0.25) is 9.59 Å². The Morgan fingerprint density at radius 1 is 0.889 bits per heavy atom. The molecule has 0 spiro atoms. The third kappa shape index (κ3) is 7.87. The van der Waals surface area contributed by atoms with Crippen LogP contribution < -0.4 is 0 Å². The molecule has 0 saturated heterocycles. The predicted molar refractivity (Wildman–Crippen MR) is 76.5 cm³/mol. The molecule has 0 unspecified atom stereocenters. The normalized spacial score (nSPS) is 13.8. The Morgan fingerprint density at radius 3 is 1.50 bits per heavy atom. The highest BCUT2D eigenvalue weighted by Gasteiger charge is 2.14. The van der Waals surface area contributed by atoms with Gasteiger partial charge in [0.2, 0.25) is 0 Å². The number of carbonyl (C=O) groups excluding carboxylic acids is 2. The molecule has 0 heterocycles. The van der Waals surface area contributed by atoms with Gasteiger partial charge in [-0.1, -0.05) is 35.4 Å². The third-order valence-electron chi connectivity index (χ3n) is 2.56. The molecule has 0 saturated carbocycles. The lowest BCUT2D eigenvalue weighted by atomic mass is 10.1. The molecule has 6 heteroatoms. The van der Waals surface area contributed by atoms with Crippen LogP contribution in [0, 0.1) is 11.8 Å². The van der Waals surface area contributed by atoms with E-state index in [0.29, 0.717) is 0 Å². The molecule has 0 amide bonds. The summed E-state index contributed by atoms with van der Waals surface area (Å²) in [6, 6.07) is 0. The second kappa shape index (κ2) is 10.6. The number of methoxy groups -OCH3 is 2. The average molecular weight is 294 g/mol. The molecule has 0 aromatic heterocycles. The lowest BCUT2D eigenvalue weighted by Gasteiger charge is -2.09. The van der Waals surface area contributed by atoms with Crippen LogP contribution in [0.4, 0.5) is 0 Å². The fourth-order valence-electron chi connectivity index (χ4n) is 1.21. The van der Waals surface area contributed by atoms with Gasteiger partial charge in [-0.15, -0.1) is 0 Å². The summed E-state index contributed by atoms with van der Waals surface area (Å²) in [7, 11) is 6.28. The average Bonchev–Trinajstić information content (AvgIpc) is 2.39. The predicted octanol–water partition coefficient (Wildman–Crippen LogP) is 2.77. The van der Waals surface area contributed by atoms with Gasteiger partial charge in [0.05, 0.1) is 26.1 Å². The minimum absolute atomic E-state index is 0.0444. The van der Waals surface area contributed by atoms with Gasteiger partial charge in [0.15, 0.2) is 0 Å². The molecule has 2 atom stereocenters. The van der Waals surface area contributed by atoms with Gasteiger partial charge in [-0.2, -0.15) is 0 Å². The van der Waals surface area contributed by atoms with Gasteiger partial charge in [-0.05, 0) is 12.8 Å². The van der Waals surface area contributed by atoms with E-state index < -0.39 is 0 Å². The molecule has 0 aliphatic rings. The van der Waals surface area contributed by atoms with E-state index in [1.807, 2.05) is 13.8 Å². The molecule has 4 nitrogen and oxygen atoms in total. The lowest BCUT2D eigenvalue weighted by Crippen LogP contribution is -2.13. The summed E-state index contributed by atoms with van der Waals surface area (Å²) in [6.45, 7) is 3.74. The number of hydrogen-bond acceptors (Lipinski definition) is 6. The Kier molecular flexibility index (Phi) is 10.3. The highest BCUT2D eigenvalue weighted by atomic mass is 33.1. The first-order valence-corrected chi connectivity index (χ1v) is 8.41. The standard InChI is InChI=1S/C12H22O4S2/c1-9(11(13)15-3)5-7-17-18-8-6-10(2)12(14)16-4/h9-10H,5-8H2,1-4H3/t9-,10-/m1/s1. The number of esters is 2. The van der Waals surface area contributed by atoms with Crippen LogP contribution in [-0.2, 0) is 19.1 Å². The molecule has 0 aliphatic heterocycles. The number of hydrogen-bond donors (Lipinski definition) is 0. The van der Waals surface area contributed by atoms with Gasteiger partial charge >= 0.3 is 11.9 Å². The van der Waals surface area contributed by atoms with E-state index in [-0.39, 0.29) is 23.8 Å². The largest absolute Gasteiger partial charge is 0.469 e. The van der Waals surface area contributed by atoms with Gasteiger partial charge < -0.3 is 9.47 Å². The molecule has 0 radical (unpaired) electrons. The van der Waals surface area contributed by atoms with Crippen LogP contribution in [0.1, 0.15) is 26.7 Å². The smallest absolute Gasteiger partial charge is 0.308 e. The van der Waals surface area contributed by atoms with Crippen molar-refractivity contribution in [1.82, 2.24) is 0 Å². The van der Waals surface area contributed by atoms with Crippen molar-refractivity contribution < 1.29 is 19.1 Å². The maximum Gasteiger partial charge on any atom is 0.308 e. The van der Waals surface area contributed by atoms with E-state index in [0.717, 1.165) is 24.3 Å². The Balaban J connectivity index is 3.46. The van der Waals surface area contributed by atoms with Crippen molar-refractivity contribution in [2.24, 2.45) is 11.8 Å². The highest BCUT2D eigenvalue weighted by Crippen LogP contribution is 2.25.